The van der Waals surface area contributed by atoms with Crippen LogP contribution in [0, 0.1) is 13.8 Å². The monoisotopic (exact) mass is 380 g/mol. The summed E-state index contributed by atoms with van der Waals surface area (Å²) in [7, 11) is 0. The van der Waals surface area contributed by atoms with E-state index in [9.17, 15) is 5.11 Å². The first-order chi connectivity index (χ1) is 7.49. The van der Waals surface area contributed by atoms with Crippen LogP contribution in [0.2, 0.25) is 0 Å². The van der Waals surface area contributed by atoms with Crippen LogP contribution in [0.4, 0.5) is 0 Å². The predicted octanol–water partition coefficient (Wildman–Crippen LogP) is 5.03. The van der Waals surface area contributed by atoms with E-state index in [2.05, 4.69) is 51.8 Å². The molecule has 0 radical (unpaired) electrons. The molecule has 1 N–H and O–H groups in total. The van der Waals surface area contributed by atoms with Gasteiger partial charge in [0.1, 0.15) is 6.10 Å². The molecule has 1 atom stereocenters. The van der Waals surface area contributed by atoms with Crippen molar-refractivity contribution in [3.63, 3.8) is 0 Å². The van der Waals surface area contributed by atoms with Crippen molar-refractivity contribution in [3.05, 3.63) is 40.6 Å². The zero-order valence-electron chi connectivity index (χ0n) is 8.75. The molecule has 1 nitrogen and oxygen atoms in total. The van der Waals surface area contributed by atoms with Gasteiger partial charge in [-0.2, -0.15) is 0 Å². The first kappa shape index (κ1) is 12.8. The van der Waals surface area contributed by atoms with Crippen molar-refractivity contribution in [2.24, 2.45) is 0 Å². The van der Waals surface area contributed by atoms with Gasteiger partial charge >= 0.3 is 0 Å². The van der Waals surface area contributed by atoms with Crippen molar-refractivity contribution < 1.29 is 5.11 Å². The standard InChI is InChI=1S/C11H10Br2OS2/c1-5-3-8(15-6(5)2)10(14)7-4-9(12)16-11(7)13/h3-4,10,14H,1-2H3. The summed E-state index contributed by atoms with van der Waals surface area (Å²) in [5.41, 5.74) is 2.17. The fourth-order valence-corrected chi connectivity index (χ4v) is 5.36. The second-order valence-corrected chi connectivity index (χ2v) is 8.61. The lowest BCUT2D eigenvalue weighted by molar-refractivity contribution is 0.224. The molecule has 0 aliphatic carbocycles. The van der Waals surface area contributed by atoms with E-state index < -0.39 is 6.10 Å². The Morgan fingerprint density at radius 3 is 2.31 bits per heavy atom. The molecule has 2 rings (SSSR count). The summed E-state index contributed by atoms with van der Waals surface area (Å²) in [4.78, 5) is 2.26. The largest absolute Gasteiger partial charge is 0.383 e. The van der Waals surface area contributed by atoms with Crippen LogP contribution >= 0.6 is 54.5 Å². The number of aliphatic hydroxyl groups excluding tert-OH is 1. The highest BCUT2D eigenvalue weighted by atomic mass is 79.9. The Morgan fingerprint density at radius 2 is 1.88 bits per heavy atom. The molecule has 0 aromatic carbocycles. The Bertz CT molecular complexity index is 497. The average Bonchev–Trinajstić information content (AvgIpc) is 2.70. The van der Waals surface area contributed by atoms with Crippen LogP contribution in [0.25, 0.3) is 0 Å². The molecule has 16 heavy (non-hydrogen) atoms. The molecule has 0 bridgehead atoms. The van der Waals surface area contributed by atoms with Gasteiger partial charge in [-0.25, -0.2) is 0 Å². The molecule has 2 aromatic heterocycles. The maximum Gasteiger partial charge on any atom is 0.115 e. The van der Waals surface area contributed by atoms with Crippen LogP contribution in [0.3, 0.4) is 0 Å². The van der Waals surface area contributed by atoms with E-state index in [1.165, 1.54) is 10.4 Å². The normalized spacial score (nSPS) is 13.1. The summed E-state index contributed by atoms with van der Waals surface area (Å²) in [6.07, 6.45) is -0.533. The fraction of sp³-hybridized carbons (Fsp3) is 0.273. The van der Waals surface area contributed by atoms with Gasteiger partial charge in [0.15, 0.2) is 0 Å². The lowest BCUT2D eigenvalue weighted by atomic mass is 10.1. The molecule has 0 amide bonds. The molecule has 2 heterocycles. The van der Waals surface area contributed by atoms with Crippen LogP contribution < -0.4 is 0 Å². The Hall–Kier alpha value is 0.320. The molecule has 0 saturated carbocycles. The summed E-state index contributed by atoms with van der Waals surface area (Å²) in [5, 5.41) is 10.3. The Kier molecular flexibility index (Phi) is 3.91. The summed E-state index contributed by atoms with van der Waals surface area (Å²) in [6, 6.07) is 4.02. The SMILES string of the molecule is Cc1cc(C(O)c2cc(Br)sc2Br)sc1C. The zero-order valence-corrected chi connectivity index (χ0v) is 13.6. The number of hydrogen-bond donors (Lipinski definition) is 1. The van der Waals surface area contributed by atoms with Gasteiger partial charge in [-0.15, -0.1) is 22.7 Å². The molecule has 0 spiro atoms. The highest BCUT2D eigenvalue weighted by molar-refractivity contribution is 9.12. The van der Waals surface area contributed by atoms with E-state index in [-0.39, 0.29) is 0 Å². The van der Waals surface area contributed by atoms with Crippen LogP contribution in [0.5, 0.6) is 0 Å². The number of halogens is 2. The van der Waals surface area contributed by atoms with Crippen molar-refractivity contribution in [1.29, 1.82) is 0 Å². The lowest BCUT2D eigenvalue weighted by Gasteiger charge is -2.06. The summed E-state index contributed by atoms with van der Waals surface area (Å²) >= 11 is 10.1. The van der Waals surface area contributed by atoms with Gasteiger partial charge in [-0.1, -0.05) is 0 Å². The van der Waals surface area contributed by atoms with Crippen LogP contribution in [-0.4, -0.2) is 5.11 Å². The van der Waals surface area contributed by atoms with Crippen molar-refractivity contribution >= 4 is 54.5 Å². The quantitative estimate of drug-likeness (QED) is 0.772. The second kappa shape index (κ2) is 4.90. The van der Waals surface area contributed by atoms with Crippen LogP contribution in [0.15, 0.2) is 19.7 Å². The average molecular weight is 382 g/mol. The zero-order chi connectivity index (χ0) is 11.9. The number of aryl methyl sites for hydroxylation is 2. The predicted molar refractivity (Wildman–Crippen MR) is 77.6 cm³/mol. The second-order valence-electron chi connectivity index (χ2n) is 3.57. The Balaban J connectivity index is 2.38. The molecule has 0 aliphatic heterocycles. The summed E-state index contributed by atoms with van der Waals surface area (Å²) in [6.45, 7) is 4.15. The van der Waals surface area contributed by atoms with Crippen LogP contribution in [0.1, 0.15) is 27.0 Å². The Morgan fingerprint density at radius 1 is 1.19 bits per heavy atom. The minimum atomic E-state index is -0.533. The molecule has 2 aromatic rings. The smallest absolute Gasteiger partial charge is 0.115 e. The highest BCUT2D eigenvalue weighted by Gasteiger charge is 2.18. The minimum absolute atomic E-state index is 0.533. The van der Waals surface area contributed by atoms with Crippen molar-refractivity contribution in [1.82, 2.24) is 0 Å². The molecule has 5 heteroatoms. The van der Waals surface area contributed by atoms with E-state index >= 15 is 0 Å². The number of aliphatic hydroxyl groups is 1. The van der Waals surface area contributed by atoms with Crippen molar-refractivity contribution in [2.75, 3.05) is 0 Å². The summed E-state index contributed by atoms with van der Waals surface area (Å²) < 4.78 is 2.01. The number of thiophene rings is 2. The van der Waals surface area contributed by atoms with Gasteiger partial charge in [-0.3, -0.25) is 0 Å². The first-order valence-electron chi connectivity index (χ1n) is 4.68. The first-order valence-corrected chi connectivity index (χ1v) is 7.90. The van der Waals surface area contributed by atoms with Gasteiger partial charge < -0.3 is 5.11 Å². The van der Waals surface area contributed by atoms with E-state index in [4.69, 9.17) is 0 Å². The van der Waals surface area contributed by atoms with Crippen molar-refractivity contribution in [2.45, 2.75) is 20.0 Å². The molecule has 86 valence electrons. The summed E-state index contributed by atoms with van der Waals surface area (Å²) in [5.74, 6) is 0. The van der Waals surface area contributed by atoms with Crippen molar-refractivity contribution in [3.8, 4) is 0 Å². The van der Waals surface area contributed by atoms with E-state index in [1.54, 1.807) is 22.7 Å². The molecule has 0 fully saturated rings. The Labute approximate surface area is 119 Å². The topological polar surface area (TPSA) is 20.2 Å². The molecule has 0 saturated heterocycles. The molecular formula is C11H10Br2OS2. The van der Waals surface area contributed by atoms with E-state index in [0.29, 0.717) is 0 Å². The van der Waals surface area contributed by atoms with Crippen LogP contribution in [-0.2, 0) is 0 Å². The van der Waals surface area contributed by atoms with Gasteiger partial charge in [0.2, 0.25) is 0 Å². The van der Waals surface area contributed by atoms with E-state index in [1.807, 2.05) is 6.07 Å². The maximum atomic E-state index is 10.3. The minimum Gasteiger partial charge on any atom is -0.383 e. The highest BCUT2D eigenvalue weighted by Crippen LogP contribution is 2.39. The third-order valence-corrected chi connectivity index (χ3v) is 6.02. The third kappa shape index (κ3) is 2.43. The number of hydrogen-bond acceptors (Lipinski definition) is 3. The van der Waals surface area contributed by atoms with Gasteiger partial charge in [0, 0.05) is 15.3 Å². The molecule has 0 aliphatic rings. The number of rotatable bonds is 2. The molecular weight excluding hydrogens is 372 g/mol. The molecule has 1 unspecified atom stereocenters. The van der Waals surface area contributed by atoms with Gasteiger partial charge in [0.25, 0.3) is 0 Å². The van der Waals surface area contributed by atoms with E-state index in [0.717, 1.165) is 18.0 Å². The van der Waals surface area contributed by atoms with Gasteiger partial charge in [-0.05, 0) is 63.4 Å². The maximum absolute atomic E-state index is 10.3. The third-order valence-electron chi connectivity index (χ3n) is 2.43. The van der Waals surface area contributed by atoms with Gasteiger partial charge in [0.05, 0.1) is 7.57 Å². The lowest BCUT2D eigenvalue weighted by Crippen LogP contribution is -1.95. The fourth-order valence-electron chi connectivity index (χ4n) is 1.43.